The minimum absolute atomic E-state index is 0.333. The van der Waals surface area contributed by atoms with Crippen molar-refractivity contribution in [2.24, 2.45) is 5.73 Å². The van der Waals surface area contributed by atoms with Crippen LogP contribution in [0.5, 0.6) is 0 Å². The number of nitrogens with two attached hydrogens (primary N) is 1. The van der Waals surface area contributed by atoms with Crippen molar-refractivity contribution >= 4 is 5.83 Å². The van der Waals surface area contributed by atoms with Gasteiger partial charge in [0.2, 0.25) is 0 Å². The quantitative estimate of drug-likeness (QED) is 0.770. The Hall–Kier alpha value is -1.90. The molecule has 1 nitrogen and oxygen atoms in total. The van der Waals surface area contributed by atoms with Crippen LogP contribution < -0.4 is 5.73 Å². The van der Waals surface area contributed by atoms with Gasteiger partial charge < -0.3 is 5.73 Å². The zero-order valence-electron chi connectivity index (χ0n) is 8.58. The molecule has 82 valence electrons. The van der Waals surface area contributed by atoms with Gasteiger partial charge in [-0.1, -0.05) is 12.2 Å². The molecule has 2 N–H and O–H groups in total. The van der Waals surface area contributed by atoms with Crippen LogP contribution in [-0.2, 0) is 0 Å². The fourth-order valence-electron chi connectivity index (χ4n) is 1.51. The monoisotopic (exact) mass is 219 g/mol. The van der Waals surface area contributed by atoms with Crippen LogP contribution in [0.3, 0.4) is 0 Å². The molecule has 0 aromatic heterocycles. The highest BCUT2D eigenvalue weighted by Crippen LogP contribution is 2.26. The number of rotatable bonds is 1. The molecule has 1 aliphatic rings. The molecule has 1 aromatic rings. The van der Waals surface area contributed by atoms with Gasteiger partial charge in [0.1, 0.15) is 11.6 Å². The molecule has 1 aromatic carbocycles. The van der Waals surface area contributed by atoms with Crippen molar-refractivity contribution in [2.75, 3.05) is 0 Å². The van der Waals surface area contributed by atoms with Crippen LogP contribution >= 0.6 is 0 Å². The Morgan fingerprint density at radius 1 is 1.12 bits per heavy atom. The van der Waals surface area contributed by atoms with E-state index in [1.165, 1.54) is 24.3 Å². The SMILES string of the molecule is NC1=CC/C(=C(/F)c2ccc(F)cc2)C=C1. The first-order valence-electron chi connectivity index (χ1n) is 4.95. The molecule has 0 atom stereocenters. The lowest BCUT2D eigenvalue weighted by molar-refractivity contribution is 0.627. The van der Waals surface area contributed by atoms with Crippen LogP contribution in [0.4, 0.5) is 8.78 Å². The molecular weight excluding hydrogens is 208 g/mol. The predicted octanol–water partition coefficient (Wildman–Crippen LogP) is 3.31. The second kappa shape index (κ2) is 4.31. The maximum atomic E-state index is 13.9. The molecule has 0 radical (unpaired) electrons. The zero-order valence-corrected chi connectivity index (χ0v) is 8.58. The lowest BCUT2D eigenvalue weighted by Gasteiger charge is -2.08. The number of hydrogen-bond donors (Lipinski definition) is 1. The van der Waals surface area contributed by atoms with E-state index in [-0.39, 0.29) is 11.6 Å². The van der Waals surface area contributed by atoms with E-state index in [0.29, 0.717) is 23.3 Å². The summed E-state index contributed by atoms with van der Waals surface area (Å²) in [6.45, 7) is 0. The highest BCUT2D eigenvalue weighted by Gasteiger charge is 2.08. The van der Waals surface area contributed by atoms with Crippen LogP contribution in [0, 0.1) is 5.82 Å². The average molecular weight is 219 g/mol. The zero-order chi connectivity index (χ0) is 11.5. The minimum atomic E-state index is -0.370. The van der Waals surface area contributed by atoms with Crippen LogP contribution in [0.2, 0.25) is 0 Å². The summed E-state index contributed by atoms with van der Waals surface area (Å²) in [6.07, 6.45) is 5.51. The van der Waals surface area contributed by atoms with Crippen molar-refractivity contribution < 1.29 is 8.78 Å². The molecular formula is C13H11F2N. The fraction of sp³-hybridized carbons (Fsp3) is 0.0769. The van der Waals surface area contributed by atoms with Crippen LogP contribution in [0.15, 0.2) is 53.8 Å². The first kappa shape index (κ1) is 10.6. The third-order valence-electron chi connectivity index (χ3n) is 2.41. The van der Waals surface area contributed by atoms with E-state index in [4.69, 9.17) is 5.73 Å². The highest BCUT2D eigenvalue weighted by molar-refractivity contribution is 5.66. The van der Waals surface area contributed by atoms with Gasteiger partial charge in [-0.2, -0.15) is 0 Å². The summed E-state index contributed by atoms with van der Waals surface area (Å²) in [5.74, 6) is -0.704. The summed E-state index contributed by atoms with van der Waals surface area (Å²) < 4.78 is 26.6. The smallest absolute Gasteiger partial charge is 0.133 e. The van der Waals surface area contributed by atoms with Gasteiger partial charge >= 0.3 is 0 Å². The second-order valence-corrected chi connectivity index (χ2v) is 3.59. The first-order valence-corrected chi connectivity index (χ1v) is 4.95. The normalized spacial score (nSPS) is 18.2. The molecule has 0 heterocycles. The maximum Gasteiger partial charge on any atom is 0.133 e. The van der Waals surface area contributed by atoms with E-state index in [1.54, 1.807) is 18.2 Å². The van der Waals surface area contributed by atoms with Crippen LogP contribution in [0.25, 0.3) is 5.83 Å². The lowest BCUT2D eigenvalue weighted by atomic mass is 10.0. The summed E-state index contributed by atoms with van der Waals surface area (Å²) >= 11 is 0. The van der Waals surface area contributed by atoms with E-state index >= 15 is 0 Å². The molecule has 2 rings (SSSR count). The molecule has 16 heavy (non-hydrogen) atoms. The molecule has 0 unspecified atom stereocenters. The number of allylic oxidation sites excluding steroid dienone is 4. The molecule has 0 saturated carbocycles. The second-order valence-electron chi connectivity index (χ2n) is 3.59. The van der Waals surface area contributed by atoms with Crippen molar-refractivity contribution in [1.82, 2.24) is 0 Å². The maximum absolute atomic E-state index is 13.9. The lowest BCUT2D eigenvalue weighted by Crippen LogP contribution is -1.98. The first-order chi connectivity index (χ1) is 7.66. The van der Waals surface area contributed by atoms with Gasteiger partial charge in [0, 0.05) is 11.3 Å². The summed E-state index contributed by atoms with van der Waals surface area (Å²) in [5, 5.41) is 0. The number of halogens is 2. The standard InChI is InChI=1S/C13H11F2N/c14-11-5-1-9(2-6-11)13(15)10-3-7-12(16)8-4-10/h1-3,5-8H,4,16H2/b13-10+. The van der Waals surface area contributed by atoms with Crippen molar-refractivity contribution in [3.63, 3.8) is 0 Å². The highest BCUT2D eigenvalue weighted by atomic mass is 19.1. The van der Waals surface area contributed by atoms with Gasteiger partial charge in [-0.3, -0.25) is 0 Å². The van der Waals surface area contributed by atoms with E-state index < -0.39 is 0 Å². The molecule has 0 saturated heterocycles. The van der Waals surface area contributed by atoms with Crippen molar-refractivity contribution in [2.45, 2.75) is 6.42 Å². The van der Waals surface area contributed by atoms with Gasteiger partial charge in [-0.05, 0) is 42.3 Å². The number of hydrogen-bond acceptors (Lipinski definition) is 1. The average Bonchev–Trinajstić information content (AvgIpc) is 2.30. The van der Waals surface area contributed by atoms with Gasteiger partial charge in [-0.25, -0.2) is 8.78 Å². The van der Waals surface area contributed by atoms with E-state index in [1.807, 2.05) is 0 Å². The summed E-state index contributed by atoms with van der Waals surface area (Å²) in [7, 11) is 0. The molecule has 0 fully saturated rings. The molecule has 0 bridgehead atoms. The van der Waals surface area contributed by atoms with E-state index in [9.17, 15) is 8.78 Å². The Balaban J connectivity index is 2.32. The Labute approximate surface area is 92.6 Å². The summed E-state index contributed by atoms with van der Waals surface area (Å²) in [5.41, 5.74) is 7.11. The molecule has 0 amide bonds. The Kier molecular flexibility index (Phi) is 2.86. The van der Waals surface area contributed by atoms with E-state index in [2.05, 4.69) is 0 Å². The Morgan fingerprint density at radius 3 is 2.38 bits per heavy atom. The largest absolute Gasteiger partial charge is 0.399 e. The topological polar surface area (TPSA) is 26.0 Å². The van der Waals surface area contributed by atoms with Crippen molar-refractivity contribution in [3.8, 4) is 0 Å². The van der Waals surface area contributed by atoms with Crippen molar-refractivity contribution in [1.29, 1.82) is 0 Å². The predicted molar refractivity (Wildman–Crippen MR) is 60.5 cm³/mol. The molecule has 0 aliphatic heterocycles. The third kappa shape index (κ3) is 2.19. The Bertz CT molecular complexity index is 481. The summed E-state index contributed by atoms with van der Waals surface area (Å²) in [4.78, 5) is 0. The van der Waals surface area contributed by atoms with Crippen LogP contribution in [0.1, 0.15) is 12.0 Å². The van der Waals surface area contributed by atoms with Crippen LogP contribution in [-0.4, -0.2) is 0 Å². The van der Waals surface area contributed by atoms with Gasteiger partial charge in [0.25, 0.3) is 0 Å². The number of benzene rings is 1. The molecule has 3 heteroatoms. The molecule has 0 spiro atoms. The minimum Gasteiger partial charge on any atom is -0.399 e. The summed E-state index contributed by atoms with van der Waals surface area (Å²) in [6, 6.07) is 5.33. The van der Waals surface area contributed by atoms with E-state index in [0.717, 1.165) is 0 Å². The van der Waals surface area contributed by atoms with Gasteiger partial charge in [-0.15, -0.1) is 0 Å². The fourth-order valence-corrected chi connectivity index (χ4v) is 1.51. The van der Waals surface area contributed by atoms with Crippen molar-refractivity contribution in [3.05, 3.63) is 65.1 Å². The molecule has 1 aliphatic carbocycles. The van der Waals surface area contributed by atoms with Gasteiger partial charge in [0.05, 0.1) is 0 Å². The van der Waals surface area contributed by atoms with Gasteiger partial charge in [0.15, 0.2) is 0 Å². The third-order valence-corrected chi connectivity index (χ3v) is 2.41. The Morgan fingerprint density at radius 2 is 1.81 bits per heavy atom.